The minimum Gasteiger partial charge on any atom is -0.383 e. The number of piperidine rings is 1. The number of hydrogen-bond donors (Lipinski definition) is 1. The van der Waals surface area contributed by atoms with Crippen LogP contribution in [0.1, 0.15) is 71.2 Å². The van der Waals surface area contributed by atoms with Crippen molar-refractivity contribution in [1.82, 2.24) is 9.97 Å². The molecule has 1 aliphatic rings. The van der Waals surface area contributed by atoms with Gasteiger partial charge in [-0.2, -0.15) is 0 Å². The summed E-state index contributed by atoms with van der Waals surface area (Å²) in [5.41, 5.74) is 7.12. The van der Waals surface area contributed by atoms with Crippen LogP contribution in [-0.4, -0.2) is 22.6 Å². The van der Waals surface area contributed by atoms with Crippen molar-refractivity contribution >= 4 is 11.6 Å². The number of nitrogens with zero attached hydrogens (tertiary/aromatic N) is 3. The molecule has 0 saturated carbocycles. The van der Waals surface area contributed by atoms with Gasteiger partial charge in [0.2, 0.25) is 0 Å². The molecule has 4 nitrogen and oxygen atoms in total. The van der Waals surface area contributed by atoms with Crippen LogP contribution in [0.3, 0.4) is 0 Å². The van der Waals surface area contributed by atoms with Crippen molar-refractivity contribution in [1.29, 1.82) is 0 Å². The Balaban J connectivity index is 2.43. The lowest BCUT2D eigenvalue weighted by Crippen LogP contribution is -2.41. The Morgan fingerprint density at radius 1 is 1.24 bits per heavy atom. The second kappa shape index (κ2) is 6.20. The molecule has 21 heavy (non-hydrogen) atoms. The van der Waals surface area contributed by atoms with Crippen molar-refractivity contribution in [2.75, 3.05) is 17.2 Å². The molecule has 0 aliphatic carbocycles. The summed E-state index contributed by atoms with van der Waals surface area (Å²) in [6.07, 6.45) is 6.28. The fourth-order valence-electron chi connectivity index (χ4n) is 3.05. The number of hydrogen-bond acceptors (Lipinski definition) is 4. The van der Waals surface area contributed by atoms with Crippen LogP contribution < -0.4 is 10.6 Å². The molecule has 2 rings (SSSR count). The SMILES string of the molecule is CCCC1CCCCN1c1nc(C(C)(C)C)nc(N)c1C. The standard InChI is InChI=1S/C17H30N4/c1-6-9-13-10-7-8-11-21(13)15-12(2)14(18)19-16(20-15)17(3,4)5/h13H,6-11H2,1-5H3,(H2,18,19,20). The molecular weight excluding hydrogens is 260 g/mol. The maximum absolute atomic E-state index is 6.17. The average molecular weight is 290 g/mol. The molecule has 0 spiro atoms. The third-order valence-corrected chi connectivity index (χ3v) is 4.35. The molecule has 4 heteroatoms. The zero-order valence-electron chi connectivity index (χ0n) is 14.2. The highest BCUT2D eigenvalue weighted by molar-refractivity contribution is 5.57. The first-order valence-corrected chi connectivity index (χ1v) is 8.25. The smallest absolute Gasteiger partial charge is 0.138 e. The van der Waals surface area contributed by atoms with Crippen molar-refractivity contribution in [2.45, 2.75) is 78.2 Å². The third-order valence-electron chi connectivity index (χ3n) is 4.35. The van der Waals surface area contributed by atoms with Crippen molar-refractivity contribution < 1.29 is 0 Å². The number of aromatic nitrogens is 2. The van der Waals surface area contributed by atoms with Crippen molar-refractivity contribution in [2.24, 2.45) is 0 Å². The van der Waals surface area contributed by atoms with E-state index in [1.807, 2.05) is 0 Å². The van der Waals surface area contributed by atoms with E-state index in [0.717, 1.165) is 23.8 Å². The van der Waals surface area contributed by atoms with Crippen LogP contribution >= 0.6 is 0 Å². The Labute approximate surface area is 129 Å². The number of nitrogens with two attached hydrogens (primary N) is 1. The topological polar surface area (TPSA) is 55.0 Å². The predicted octanol–water partition coefficient (Wildman–Crippen LogP) is 3.82. The predicted molar refractivity (Wildman–Crippen MR) is 89.8 cm³/mol. The Hall–Kier alpha value is -1.32. The van der Waals surface area contributed by atoms with E-state index in [9.17, 15) is 0 Å². The van der Waals surface area contributed by atoms with Gasteiger partial charge in [0.25, 0.3) is 0 Å². The van der Waals surface area contributed by atoms with Crippen molar-refractivity contribution in [3.63, 3.8) is 0 Å². The van der Waals surface area contributed by atoms with Gasteiger partial charge in [0.05, 0.1) is 0 Å². The van der Waals surface area contributed by atoms with Crippen LogP contribution in [0.4, 0.5) is 11.6 Å². The monoisotopic (exact) mass is 290 g/mol. The zero-order valence-corrected chi connectivity index (χ0v) is 14.2. The molecule has 1 fully saturated rings. The lowest BCUT2D eigenvalue weighted by molar-refractivity contribution is 0.429. The summed E-state index contributed by atoms with van der Waals surface area (Å²) in [5, 5.41) is 0. The molecule has 0 aromatic carbocycles. The Morgan fingerprint density at radius 2 is 1.95 bits per heavy atom. The van der Waals surface area contributed by atoms with Gasteiger partial charge in [0.15, 0.2) is 0 Å². The first-order chi connectivity index (χ1) is 9.84. The summed E-state index contributed by atoms with van der Waals surface area (Å²) < 4.78 is 0. The Morgan fingerprint density at radius 3 is 2.57 bits per heavy atom. The van der Waals surface area contributed by atoms with Gasteiger partial charge < -0.3 is 10.6 Å². The molecular formula is C17H30N4. The summed E-state index contributed by atoms with van der Waals surface area (Å²) in [5.74, 6) is 2.54. The van der Waals surface area contributed by atoms with Crippen LogP contribution in [0, 0.1) is 6.92 Å². The summed E-state index contributed by atoms with van der Waals surface area (Å²) >= 11 is 0. The van der Waals surface area contributed by atoms with Crippen LogP contribution in [0.25, 0.3) is 0 Å². The molecule has 2 heterocycles. The van der Waals surface area contributed by atoms with Gasteiger partial charge in [0, 0.05) is 23.6 Å². The molecule has 2 N–H and O–H groups in total. The number of nitrogen functional groups attached to an aromatic ring is 1. The minimum atomic E-state index is -0.0768. The fraction of sp³-hybridized carbons (Fsp3) is 0.765. The first-order valence-electron chi connectivity index (χ1n) is 8.25. The number of rotatable bonds is 3. The highest BCUT2D eigenvalue weighted by Gasteiger charge is 2.27. The third kappa shape index (κ3) is 3.47. The lowest BCUT2D eigenvalue weighted by atomic mass is 9.95. The first kappa shape index (κ1) is 16.1. The van der Waals surface area contributed by atoms with E-state index in [-0.39, 0.29) is 5.41 Å². The van der Waals surface area contributed by atoms with Crippen LogP contribution in [0.2, 0.25) is 0 Å². The van der Waals surface area contributed by atoms with E-state index >= 15 is 0 Å². The highest BCUT2D eigenvalue weighted by Crippen LogP contribution is 2.32. The normalized spacial score (nSPS) is 19.9. The summed E-state index contributed by atoms with van der Waals surface area (Å²) in [6, 6.07) is 0.601. The summed E-state index contributed by atoms with van der Waals surface area (Å²) in [7, 11) is 0. The van der Waals surface area contributed by atoms with Gasteiger partial charge in [-0.25, -0.2) is 9.97 Å². The second-order valence-electron chi connectivity index (χ2n) is 7.26. The highest BCUT2D eigenvalue weighted by atomic mass is 15.2. The molecule has 1 saturated heterocycles. The maximum Gasteiger partial charge on any atom is 0.138 e. The molecule has 0 radical (unpaired) electrons. The molecule has 1 aromatic rings. The van der Waals surface area contributed by atoms with Gasteiger partial charge in [-0.05, 0) is 32.6 Å². The van der Waals surface area contributed by atoms with Gasteiger partial charge in [0.1, 0.15) is 17.5 Å². The molecule has 1 atom stereocenters. The van der Waals surface area contributed by atoms with E-state index < -0.39 is 0 Å². The van der Waals surface area contributed by atoms with Gasteiger partial charge in [-0.15, -0.1) is 0 Å². The fourth-order valence-corrected chi connectivity index (χ4v) is 3.05. The van der Waals surface area contributed by atoms with Crippen molar-refractivity contribution in [3.05, 3.63) is 11.4 Å². The molecule has 1 unspecified atom stereocenters. The van der Waals surface area contributed by atoms with E-state index in [1.54, 1.807) is 0 Å². The number of anilines is 2. The van der Waals surface area contributed by atoms with E-state index in [0.29, 0.717) is 11.9 Å². The van der Waals surface area contributed by atoms with Gasteiger partial charge in [-0.1, -0.05) is 34.1 Å². The summed E-state index contributed by atoms with van der Waals surface area (Å²) in [6.45, 7) is 11.8. The van der Waals surface area contributed by atoms with E-state index in [4.69, 9.17) is 10.7 Å². The quantitative estimate of drug-likeness (QED) is 0.919. The Bertz CT molecular complexity index is 488. The van der Waals surface area contributed by atoms with Gasteiger partial charge >= 0.3 is 0 Å². The zero-order chi connectivity index (χ0) is 15.6. The lowest BCUT2D eigenvalue weighted by Gasteiger charge is -2.38. The van der Waals surface area contributed by atoms with Crippen LogP contribution in [0.15, 0.2) is 0 Å². The minimum absolute atomic E-state index is 0.0768. The van der Waals surface area contributed by atoms with E-state index in [2.05, 4.69) is 44.5 Å². The summed E-state index contributed by atoms with van der Waals surface area (Å²) in [4.78, 5) is 11.9. The van der Waals surface area contributed by atoms with Crippen LogP contribution in [0.5, 0.6) is 0 Å². The van der Waals surface area contributed by atoms with Gasteiger partial charge in [-0.3, -0.25) is 0 Å². The Kier molecular flexibility index (Phi) is 4.74. The second-order valence-corrected chi connectivity index (χ2v) is 7.26. The average Bonchev–Trinajstić information content (AvgIpc) is 2.42. The molecule has 118 valence electrons. The van der Waals surface area contributed by atoms with Crippen molar-refractivity contribution in [3.8, 4) is 0 Å². The maximum atomic E-state index is 6.17. The largest absolute Gasteiger partial charge is 0.383 e. The van der Waals surface area contributed by atoms with Crippen LogP contribution in [-0.2, 0) is 5.41 Å². The molecule has 1 aromatic heterocycles. The molecule has 1 aliphatic heterocycles. The van der Waals surface area contributed by atoms with E-state index in [1.165, 1.54) is 32.1 Å². The molecule has 0 amide bonds. The molecule has 0 bridgehead atoms.